The van der Waals surface area contributed by atoms with Gasteiger partial charge in [-0.3, -0.25) is 0 Å². The zero-order valence-corrected chi connectivity index (χ0v) is 20.0. The van der Waals surface area contributed by atoms with Gasteiger partial charge >= 0.3 is 0 Å². The van der Waals surface area contributed by atoms with Gasteiger partial charge in [-0.2, -0.15) is 0 Å². The molecular weight excluding hydrogens is 430 g/mol. The van der Waals surface area contributed by atoms with Gasteiger partial charge in [0.2, 0.25) is 0 Å². The molecule has 162 valence electrons. The third-order valence-corrected chi connectivity index (χ3v) is 8.04. The van der Waals surface area contributed by atoms with Crippen LogP contribution in [0.3, 0.4) is 0 Å². The van der Waals surface area contributed by atoms with Crippen molar-refractivity contribution in [2.45, 2.75) is 13.8 Å². The molecule has 0 aliphatic heterocycles. The van der Waals surface area contributed by atoms with Crippen LogP contribution >= 0.6 is 11.3 Å². The van der Waals surface area contributed by atoms with Crippen molar-refractivity contribution >= 4 is 53.3 Å². The quantitative estimate of drug-likeness (QED) is 0.246. The molecule has 5 aromatic carbocycles. The number of nitrogens with zero attached hydrogens (tertiary/aromatic N) is 1. The molecule has 7 rings (SSSR count). The van der Waals surface area contributed by atoms with Gasteiger partial charge in [-0.15, -0.1) is 11.3 Å². The third kappa shape index (κ3) is 2.92. The van der Waals surface area contributed by atoms with Crippen LogP contribution in [0.2, 0.25) is 0 Å². The molecule has 0 aliphatic rings. The van der Waals surface area contributed by atoms with Gasteiger partial charge < -0.3 is 4.57 Å². The lowest BCUT2D eigenvalue weighted by Gasteiger charge is -2.08. The van der Waals surface area contributed by atoms with Crippen molar-refractivity contribution in [1.82, 2.24) is 4.57 Å². The van der Waals surface area contributed by atoms with Crippen LogP contribution in [0.1, 0.15) is 11.1 Å². The Balaban J connectivity index is 1.49. The maximum absolute atomic E-state index is 2.38. The maximum atomic E-state index is 2.38. The van der Waals surface area contributed by atoms with Crippen LogP contribution in [-0.2, 0) is 0 Å². The van der Waals surface area contributed by atoms with Gasteiger partial charge in [0.15, 0.2) is 0 Å². The predicted molar refractivity (Wildman–Crippen MR) is 149 cm³/mol. The van der Waals surface area contributed by atoms with E-state index < -0.39 is 0 Å². The summed E-state index contributed by atoms with van der Waals surface area (Å²) in [6, 6.07) is 38.1. The van der Waals surface area contributed by atoms with Gasteiger partial charge in [0.1, 0.15) is 0 Å². The number of para-hydroxylation sites is 1. The lowest BCUT2D eigenvalue weighted by Crippen LogP contribution is -1.93. The standard InChI is InChI=1S/C32H23NS/c1-20-8-12-29-25(16-20)26-18-22(10-13-30(26)33(29)24-6-4-3-5-7-24)23-11-15-32-28(19-23)27-17-21(2)9-14-31(27)34-32/h3-19H,1-2H3. The summed E-state index contributed by atoms with van der Waals surface area (Å²) >= 11 is 1.88. The maximum Gasteiger partial charge on any atom is 0.0541 e. The van der Waals surface area contributed by atoms with Crippen molar-refractivity contribution in [3.05, 3.63) is 114 Å². The highest BCUT2D eigenvalue weighted by Gasteiger charge is 2.14. The second-order valence-electron chi connectivity index (χ2n) is 9.24. The van der Waals surface area contributed by atoms with Crippen molar-refractivity contribution in [1.29, 1.82) is 0 Å². The molecule has 2 heterocycles. The molecule has 0 fully saturated rings. The van der Waals surface area contributed by atoms with Crippen molar-refractivity contribution in [2.24, 2.45) is 0 Å². The second-order valence-corrected chi connectivity index (χ2v) is 10.3. The van der Waals surface area contributed by atoms with Crippen molar-refractivity contribution in [3.63, 3.8) is 0 Å². The monoisotopic (exact) mass is 453 g/mol. The lowest BCUT2D eigenvalue weighted by atomic mass is 10.00. The number of rotatable bonds is 2. The fourth-order valence-electron chi connectivity index (χ4n) is 5.24. The fourth-order valence-corrected chi connectivity index (χ4v) is 6.31. The summed E-state index contributed by atoms with van der Waals surface area (Å²) in [6.45, 7) is 4.35. The molecule has 1 nitrogen and oxygen atoms in total. The van der Waals surface area contributed by atoms with Gasteiger partial charge in [-0.25, -0.2) is 0 Å². The molecule has 0 saturated carbocycles. The summed E-state index contributed by atoms with van der Waals surface area (Å²) in [4.78, 5) is 0. The zero-order valence-electron chi connectivity index (χ0n) is 19.2. The molecule has 0 radical (unpaired) electrons. The highest BCUT2D eigenvalue weighted by atomic mass is 32.1. The Bertz CT molecular complexity index is 1870. The number of hydrogen-bond acceptors (Lipinski definition) is 1. The molecule has 2 aromatic heterocycles. The number of benzene rings is 5. The first-order valence-electron chi connectivity index (χ1n) is 11.7. The normalized spacial score (nSPS) is 11.8. The SMILES string of the molecule is Cc1ccc2sc3ccc(-c4ccc5c(c4)c4cc(C)ccc4n5-c4ccccc4)cc3c2c1. The molecule has 0 spiro atoms. The Kier molecular flexibility index (Phi) is 4.21. The second kappa shape index (κ2) is 7.31. The molecule has 0 atom stereocenters. The zero-order chi connectivity index (χ0) is 22.8. The van der Waals surface area contributed by atoms with Crippen molar-refractivity contribution in [3.8, 4) is 16.8 Å². The van der Waals surface area contributed by atoms with E-state index in [1.54, 1.807) is 0 Å². The molecule has 2 heteroatoms. The molecule has 0 saturated heterocycles. The van der Waals surface area contributed by atoms with Crippen LogP contribution in [-0.4, -0.2) is 4.57 Å². The van der Waals surface area contributed by atoms with E-state index in [-0.39, 0.29) is 0 Å². The highest BCUT2D eigenvalue weighted by molar-refractivity contribution is 7.25. The van der Waals surface area contributed by atoms with Crippen LogP contribution in [0.5, 0.6) is 0 Å². The minimum atomic E-state index is 1.20. The van der Waals surface area contributed by atoms with Crippen LogP contribution in [0.25, 0.3) is 58.8 Å². The van der Waals surface area contributed by atoms with Crippen LogP contribution < -0.4 is 0 Å². The van der Waals surface area contributed by atoms with Crippen LogP contribution in [0.15, 0.2) is 103 Å². The predicted octanol–water partition coefficient (Wildman–Crippen LogP) is 9.44. The van der Waals surface area contributed by atoms with Gasteiger partial charge in [-0.05, 0) is 85.6 Å². The molecule has 0 unspecified atom stereocenters. The molecular formula is C32H23NS. The van der Waals surface area contributed by atoms with Crippen molar-refractivity contribution in [2.75, 3.05) is 0 Å². The summed E-state index contributed by atoms with van der Waals surface area (Å²) in [6.07, 6.45) is 0. The molecule has 0 aliphatic carbocycles. The molecule has 7 aromatic rings. The minimum Gasteiger partial charge on any atom is -0.309 e. The van der Waals surface area contributed by atoms with E-state index in [1.165, 1.54) is 69.9 Å². The average Bonchev–Trinajstić information content (AvgIpc) is 3.38. The highest BCUT2D eigenvalue weighted by Crippen LogP contribution is 2.39. The first-order valence-corrected chi connectivity index (χ1v) is 12.5. The smallest absolute Gasteiger partial charge is 0.0541 e. The topological polar surface area (TPSA) is 4.93 Å². The van der Waals surface area contributed by atoms with Crippen molar-refractivity contribution < 1.29 is 0 Å². The number of aryl methyl sites for hydroxylation is 2. The Morgan fingerprint density at radius 3 is 1.79 bits per heavy atom. The fraction of sp³-hybridized carbons (Fsp3) is 0.0625. The summed E-state index contributed by atoms with van der Waals surface area (Å²) in [5, 5.41) is 5.31. The van der Waals surface area contributed by atoms with Gasteiger partial charge in [0, 0.05) is 36.6 Å². The third-order valence-electron chi connectivity index (χ3n) is 6.89. The first-order chi connectivity index (χ1) is 16.7. The average molecular weight is 454 g/mol. The lowest BCUT2D eigenvalue weighted by molar-refractivity contribution is 1.18. The van der Waals surface area contributed by atoms with E-state index in [4.69, 9.17) is 0 Å². The Labute approximate surface area is 202 Å². The van der Waals surface area contributed by atoms with E-state index >= 15 is 0 Å². The summed E-state index contributed by atoms with van der Waals surface area (Å²) < 4.78 is 5.09. The van der Waals surface area contributed by atoms with Gasteiger partial charge in [0.25, 0.3) is 0 Å². The summed E-state index contributed by atoms with van der Waals surface area (Å²) in [7, 11) is 0. The van der Waals surface area contributed by atoms with E-state index in [9.17, 15) is 0 Å². The van der Waals surface area contributed by atoms with E-state index in [0.717, 1.165) is 0 Å². The van der Waals surface area contributed by atoms with E-state index in [0.29, 0.717) is 0 Å². The molecule has 0 bridgehead atoms. The number of aromatic nitrogens is 1. The minimum absolute atomic E-state index is 1.20. The number of thiophene rings is 1. The summed E-state index contributed by atoms with van der Waals surface area (Å²) in [5.74, 6) is 0. The van der Waals surface area contributed by atoms with Gasteiger partial charge in [0.05, 0.1) is 11.0 Å². The summed E-state index contributed by atoms with van der Waals surface area (Å²) in [5.41, 5.74) is 8.81. The van der Waals surface area contributed by atoms with E-state index in [1.807, 2.05) is 11.3 Å². The van der Waals surface area contributed by atoms with Crippen LogP contribution in [0.4, 0.5) is 0 Å². The van der Waals surface area contributed by atoms with Crippen LogP contribution in [0, 0.1) is 13.8 Å². The Morgan fingerprint density at radius 1 is 0.500 bits per heavy atom. The number of hydrogen-bond donors (Lipinski definition) is 0. The molecule has 34 heavy (non-hydrogen) atoms. The molecule has 0 amide bonds. The van der Waals surface area contributed by atoms with Gasteiger partial charge in [-0.1, -0.05) is 53.6 Å². The van der Waals surface area contributed by atoms with E-state index in [2.05, 4.69) is 122 Å². The molecule has 0 N–H and O–H groups in total. The Hall–Kier alpha value is -3.88. The number of fused-ring (bicyclic) bond motifs is 6. The first kappa shape index (κ1) is 19.6. The Morgan fingerprint density at radius 2 is 1.03 bits per heavy atom. The largest absolute Gasteiger partial charge is 0.309 e.